The molecule has 0 atom stereocenters. The van der Waals surface area contributed by atoms with Crippen molar-refractivity contribution in [1.82, 2.24) is 10.2 Å². The van der Waals surface area contributed by atoms with Gasteiger partial charge in [0.1, 0.15) is 6.26 Å². The molecule has 1 aliphatic carbocycles. The van der Waals surface area contributed by atoms with Gasteiger partial charge in [-0.2, -0.15) is 0 Å². The maximum Gasteiger partial charge on any atom is 0.254 e. The van der Waals surface area contributed by atoms with Crippen molar-refractivity contribution in [2.45, 2.75) is 32.6 Å². The number of hydrogen-bond acceptors (Lipinski definition) is 3. The summed E-state index contributed by atoms with van der Waals surface area (Å²) in [7, 11) is 0. The number of nitrogens with zero attached hydrogens (tertiary/aromatic N) is 1. The van der Waals surface area contributed by atoms with Crippen LogP contribution in [0.4, 0.5) is 0 Å². The van der Waals surface area contributed by atoms with Gasteiger partial charge < -0.3 is 14.6 Å². The molecule has 1 aromatic heterocycles. The molecule has 1 saturated carbocycles. The number of nitrogens with one attached hydrogen (secondary N) is 1. The second-order valence-corrected chi connectivity index (χ2v) is 6.52. The van der Waals surface area contributed by atoms with E-state index < -0.39 is 0 Å². The minimum atomic E-state index is -0.0900. The highest BCUT2D eigenvalue weighted by Gasteiger charge is 2.47. The van der Waals surface area contributed by atoms with Crippen molar-refractivity contribution >= 4 is 11.8 Å². The van der Waals surface area contributed by atoms with E-state index in [-0.39, 0.29) is 11.3 Å². The molecule has 0 radical (unpaired) electrons. The zero-order valence-corrected chi connectivity index (χ0v) is 12.4. The first kappa shape index (κ1) is 14.2. The van der Waals surface area contributed by atoms with Crippen LogP contribution in [0.25, 0.3) is 0 Å². The normalized spacial score (nSPS) is 21.1. The van der Waals surface area contributed by atoms with Crippen LogP contribution in [0.3, 0.4) is 0 Å². The molecule has 21 heavy (non-hydrogen) atoms. The van der Waals surface area contributed by atoms with Gasteiger partial charge in [-0.25, -0.2) is 0 Å². The highest BCUT2D eigenvalue weighted by Crippen LogP contribution is 2.46. The van der Waals surface area contributed by atoms with E-state index in [9.17, 15) is 9.59 Å². The molecule has 0 unspecified atom stereocenters. The zero-order chi connectivity index (χ0) is 14.9. The maximum atomic E-state index is 12.3. The molecule has 0 bridgehead atoms. The van der Waals surface area contributed by atoms with Gasteiger partial charge >= 0.3 is 0 Å². The number of carbonyl (C=O) groups is 2. The van der Waals surface area contributed by atoms with Crippen LogP contribution in [0.15, 0.2) is 23.0 Å². The fraction of sp³-hybridized carbons (Fsp3) is 0.625. The van der Waals surface area contributed by atoms with Crippen LogP contribution in [0.1, 0.15) is 43.0 Å². The Morgan fingerprint density at radius 2 is 2.10 bits per heavy atom. The van der Waals surface area contributed by atoms with Gasteiger partial charge in [0.25, 0.3) is 5.91 Å². The van der Waals surface area contributed by atoms with Crippen molar-refractivity contribution < 1.29 is 14.0 Å². The summed E-state index contributed by atoms with van der Waals surface area (Å²) in [4.78, 5) is 26.1. The van der Waals surface area contributed by atoms with Crippen LogP contribution in [-0.2, 0) is 4.79 Å². The quantitative estimate of drug-likeness (QED) is 0.923. The monoisotopic (exact) mass is 290 g/mol. The Balaban J connectivity index is 1.42. The molecule has 5 heteroatoms. The lowest BCUT2D eigenvalue weighted by Gasteiger charge is -2.33. The van der Waals surface area contributed by atoms with Crippen molar-refractivity contribution in [3.05, 3.63) is 24.2 Å². The minimum absolute atomic E-state index is 0.0671. The van der Waals surface area contributed by atoms with Crippen LogP contribution in [0.2, 0.25) is 0 Å². The number of rotatable bonds is 4. The number of carbonyl (C=O) groups excluding carboxylic acids is 2. The van der Waals surface area contributed by atoms with E-state index in [1.807, 2.05) is 4.90 Å². The van der Waals surface area contributed by atoms with Gasteiger partial charge in [-0.3, -0.25) is 9.59 Å². The molecule has 0 aromatic carbocycles. The van der Waals surface area contributed by atoms with E-state index in [1.165, 1.54) is 12.5 Å². The van der Waals surface area contributed by atoms with Crippen molar-refractivity contribution in [3.8, 4) is 0 Å². The van der Waals surface area contributed by atoms with Gasteiger partial charge in [0.2, 0.25) is 5.91 Å². The van der Waals surface area contributed by atoms with Crippen LogP contribution in [-0.4, -0.2) is 36.3 Å². The summed E-state index contributed by atoms with van der Waals surface area (Å²) < 4.78 is 4.90. The Morgan fingerprint density at radius 3 is 2.67 bits per heavy atom. The van der Waals surface area contributed by atoms with E-state index in [4.69, 9.17) is 4.42 Å². The Labute approximate surface area is 124 Å². The summed E-state index contributed by atoms with van der Waals surface area (Å²) in [6.45, 7) is 4.37. The average molecular weight is 290 g/mol. The SMILES string of the molecule is CC1(C(=O)N2CCC(CNC(=O)c3ccoc3)CC2)CC1. The van der Waals surface area contributed by atoms with E-state index in [0.29, 0.717) is 23.9 Å². The minimum Gasteiger partial charge on any atom is -0.472 e. The average Bonchev–Trinajstić information content (AvgIpc) is 3.04. The van der Waals surface area contributed by atoms with Crippen molar-refractivity contribution in [2.75, 3.05) is 19.6 Å². The lowest BCUT2D eigenvalue weighted by Crippen LogP contribution is -2.44. The zero-order valence-electron chi connectivity index (χ0n) is 12.4. The smallest absolute Gasteiger partial charge is 0.254 e. The van der Waals surface area contributed by atoms with Gasteiger partial charge in [0, 0.05) is 25.0 Å². The summed E-state index contributed by atoms with van der Waals surface area (Å²) in [5.41, 5.74) is 0.492. The molecular formula is C16H22N2O3. The topological polar surface area (TPSA) is 62.6 Å². The van der Waals surface area contributed by atoms with Crippen molar-refractivity contribution in [1.29, 1.82) is 0 Å². The molecule has 0 spiro atoms. The van der Waals surface area contributed by atoms with E-state index in [1.54, 1.807) is 6.07 Å². The van der Waals surface area contributed by atoms with Crippen molar-refractivity contribution in [2.24, 2.45) is 11.3 Å². The lowest BCUT2D eigenvalue weighted by atomic mass is 9.95. The summed E-state index contributed by atoms with van der Waals surface area (Å²) in [6.07, 6.45) is 6.95. The molecule has 1 saturated heterocycles. The van der Waals surface area contributed by atoms with E-state index in [2.05, 4.69) is 12.2 Å². The Hall–Kier alpha value is -1.78. The number of amides is 2. The van der Waals surface area contributed by atoms with Crippen molar-refractivity contribution in [3.63, 3.8) is 0 Å². The number of likely N-dealkylation sites (tertiary alicyclic amines) is 1. The first-order chi connectivity index (χ1) is 10.1. The van der Waals surface area contributed by atoms with E-state index >= 15 is 0 Å². The van der Waals surface area contributed by atoms with Crippen LogP contribution in [0, 0.1) is 11.3 Å². The summed E-state index contributed by atoms with van der Waals surface area (Å²) >= 11 is 0. The molecule has 1 N–H and O–H groups in total. The molecule has 5 nitrogen and oxygen atoms in total. The van der Waals surface area contributed by atoms with Gasteiger partial charge in [0.05, 0.1) is 11.8 Å². The molecule has 1 aliphatic heterocycles. The molecule has 114 valence electrons. The highest BCUT2D eigenvalue weighted by molar-refractivity contribution is 5.93. The second kappa shape index (κ2) is 5.54. The van der Waals surface area contributed by atoms with Crippen LogP contribution >= 0.6 is 0 Å². The summed E-state index contributed by atoms with van der Waals surface area (Å²) in [5.74, 6) is 0.688. The third-order valence-electron chi connectivity index (χ3n) is 4.75. The fourth-order valence-electron chi connectivity index (χ4n) is 2.86. The number of hydrogen-bond donors (Lipinski definition) is 1. The van der Waals surface area contributed by atoms with E-state index in [0.717, 1.165) is 38.8 Å². The highest BCUT2D eigenvalue weighted by atomic mass is 16.3. The number of furan rings is 1. The van der Waals surface area contributed by atoms with Gasteiger partial charge in [-0.1, -0.05) is 6.92 Å². The Kier molecular flexibility index (Phi) is 3.74. The largest absolute Gasteiger partial charge is 0.472 e. The Morgan fingerprint density at radius 1 is 1.38 bits per heavy atom. The third kappa shape index (κ3) is 3.12. The molecule has 1 aromatic rings. The molecular weight excluding hydrogens is 268 g/mol. The molecule has 2 heterocycles. The second-order valence-electron chi connectivity index (χ2n) is 6.52. The first-order valence-corrected chi connectivity index (χ1v) is 7.68. The maximum absolute atomic E-state index is 12.3. The Bertz CT molecular complexity index is 512. The molecule has 2 fully saturated rings. The van der Waals surface area contributed by atoms with Gasteiger partial charge in [-0.15, -0.1) is 0 Å². The molecule has 2 amide bonds. The number of piperidine rings is 1. The third-order valence-corrected chi connectivity index (χ3v) is 4.75. The van der Waals surface area contributed by atoms with Crippen LogP contribution < -0.4 is 5.32 Å². The summed E-state index contributed by atoms with van der Waals surface area (Å²) in [5, 5.41) is 2.94. The summed E-state index contributed by atoms with van der Waals surface area (Å²) in [6, 6.07) is 1.66. The molecule has 3 rings (SSSR count). The fourth-order valence-corrected chi connectivity index (χ4v) is 2.86. The predicted molar refractivity (Wildman–Crippen MR) is 77.7 cm³/mol. The molecule has 2 aliphatic rings. The lowest BCUT2D eigenvalue weighted by molar-refractivity contribution is -0.137. The first-order valence-electron chi connectivity index (χ1n) is 7.68. The van der Waals surface area contributed by atoms with Gasteiger partial charge in [0.15, 0.2) is 0 Å². The standard InChI is InChI=1S/C16H22N2O3/c1-16(5-6-16)15(20)18-7-2-12(3-8-18)10-17-14(19)13-4-9-21-11-13/h4,9,11-12H,2-3,5-8,10H2,1H3,(H,17,19). The predicted octanol–water partition coefficient (Wildman–Crippen LogP) is 2.05. The van der Waals surface area contributed by atoms with Crippen LogP contribution in [0.5, 0.6) is 0 Å². The van der Waals surface area contributed by atoms with Gasteiger partial charge in [-0.05, 0) is 37.7 Å².